The van der Waals surface area contributed by atoms with Crippen molar-refractivity contribution in [3.05, 3.63) is 47.8 Å². The molecule has 1 aliphatic rings. The number of aryl methyl sites for hydroxylation is 2. The Kier molecular flexibility index (Phi) is 4.83. The second-order valence-electron chi connectivity index (χ2n) is 6.21. The smallest absolute Gasteiger partial charge is 0.226 e. The highest BCUT2D eigenvalue weighted by molar-refractivity contribution is 5.76. The van der Waals surface area contributed by atoms with E-state index in [1.54, 1.807) is 18.2 Å². The maximum Gasteiger partial charge on any atom is 0.226 e. The van der Waals surface area contributed by atoms with Gasteiger partial charge in [-0.05, 0) is 25.5 Å². The minimum absolute atomic E-state index is 0.0415. The largest absolute Gasteiger partial charge is 0.490 e. The van der Waals surface area contributed by atoms with Gasteiger partial charge < -0.3 is 14.2 Å². The van der Waals surface area contributed by atoms with Crippen LogP contribution in [0.5, 0.6) is 5.75 Å². The molecule has 1 fully saturated rings. The Hall–Kier alpha value is -2.37. The van der Waals surface area contributed by atoms with E-state index in [0.29, 0.717) is 6.54 Å². The zero-order valence-electron chi connectivity index (χ0n) is 14.0. The topological polar surface area (TPSA) is 47.4 Å². The lowest BCUT2D eigenvalue weighted by Crippen LogP contribution is -2.29. The van der Waals surface area contributed by atoms with E-state index in [-0.39, 0.29) is 30.6 Å². The molecule has 0 bridgehead atoms. The van der Waals surface area contributed by atoms with E-state index in [1.807, 2.05) is 29.6 Å². The van der Waals surface area contributed by atoms with Crippen LogP contribution < -0.4 is 4.74 Å². The van der Waals surface area contributed by atoms with Crippen LogP contribution in [0.3, 0.4) is 0 Å². The van der Waals surface area contributed by atoms with Crippen LogP contribution in [0.2, 0.25) is 0 Å². The number of imidazole rings is 1. The molecule has 0 radical (unpaired) electrons. The van der Waals surface area contributed by atoms with E-state index in [9.17, 15) is 9.18 Å². The summed E-state index contributed by atoms with van der Waals surface area (Å²) < 4.78 is 20.9. The van der Waals surface area contributed by atoms with Crippen LogP contribution in [0.1, 0.15) is 30.3 Å². The Balaban J connectivity index is 1.50. The maximum atomic E-state index is 13.5. The summed E-state index contributed by atoms with van der Waals surface area (Å²) in [5.74, 6) is 1.13. The number of carbonyl (C=O) groups is 1. The van der Waals surface area contributed by atoms with Crippen molar-refractivity contribution in [2.75, 3.05) is 19.7 Å². The summed E-state index contributed by atoms with van der Waals surface area (Å²) in [7, 11) is 1.99. The summed E-state index contributed by atoms with van der Waals surface area (Å²) in [5, 5.41) is 0. The number of benzene rings is 1. The number of halogens is 1. The van der Waals surface area contributed by atoms with E-state index in [1.165, 1.54) is 6.07 Å². The van der Waals surface area contributed by atoms with Crippen LogP contribution in [0.15, 0.2) is 30.5 Å². The Bertz CT molecular complexity index is 729. The van der Waals surface area contributed by atoms with Crippen molar-refractivity contribution in [1.29, 1.82) is 0 Å². The minimum Gasteiger partial charge on any atom is -0.490 e. The van der Waals surface area contributed by atoms with Crippen LogP contribution in [-0.4, -0.2) is 40.1 Å². The zero-order valence-corrected chi connectivity index (χ0v) is 14.0. The van der Waals surface area contributed by atoms with Crippen LogP contribution in [-0.2, 0) is 11.8 Å². The van der Waals surface area contributed by atoms with Gasteiger partial charge in [0.2, 0.25) is 5.91 Å². The average molecular weight is 331 g/mol. The lowest BCUT2D eigenvalue weighted by atomic mass is 10.1. The van der Waals surface area contributed by atoms with Crippen LogP contribution >= 0.6 is 0 Å². The third-order valence-corrected chi connectivity index (χ3v) is 4.35. The summed E-state index contributed by atoms with van der Waals surface area (Å²) in [6.45, 7) is 3.57. The molecule has 0 aliphatic carbocycles. The molecule has 1 amide bonds. The zero-order chi connectivity index (χ0) is 17.1. The highest BCUT2D eigenvalue weighted by Gasteiger charge is 2.29. The quantitative estimate of drug-likeness (QED) is 0.846. The lowest BCUT2D eigenvalue weighted by molar-refractivity contribution is -0.130. The molecule has 1 aromatic heterocycles. The van der Waals surface area contributed by atoms with Gasteiger partial charge in [0.25, 0.3) is 0 Å². The first-order valence-corrected chi connectivity index (χ1v) is 8.19. The third-order valence-electron chi connectivity index (χ3n) is 4.35. The first-order chi connectivity index (χ1) is 11.5. The number of carbonyl (C=O) groups excluding carboxylic acids is 1. The molecule has 1 aromatic carbocycles. The molecule has 3 rings (SSSR count). The van der Waals surface area contributed by atoms with Gasteiger partial charge in [-0.2, -0.15) is 0 Å². The fraction of sp³-hybridized carbons (Fsp3) is 0.444. The van der Waals surface area contributed by atoms with Gasteiger partial charge in [0, 0.05) is 32.3 Å². The Labute approximate surface area is 141 Å². The number of aromatic nitrogens is 2. The summed E-state index contributed by atoms with van der Waals surface area (Å²) in [5.41, 5.74) is 0.996. The summed E-state index contributed by atoms with van der Waals surface area (Å²) in [4.78, 5) is 18.7. The van der Waals surface area contributed by atoms with Crippen molar-refractivity contribution in [2.45, 2.75) is 25.7 Å². The van der Waals surface area contributed by atoms with Crippen molar-refractivity contribution in [3.8, 4) is 5.75 Å². The van der Waals surface area contributed by atoms with Crippen molar-refractivity contribution < 1.29 is 13.9 Å². The van der Waals surface area contributed by atoms with Gasteiger partial charge in [0.15, 0.2) is 11.6 Å². The number of nitrogens with zero attached hydrogens (tertiary/aromatic N) is 3. The lowest BCUT2D eigenvalue weighted by Gasteiger charge is -2.17. The van der Waals surface area contributed by atoms with Gasteiger partial charge >= 0.3 is 0 Å². The number of likely N-dealkylation sites (tertiary alicyclic amines) is 1. The summed E-state index contributed by atoms with van der Waals surface area (Å²) >= 11 is 0. The van der Waals surface area contributed by atoms with Crippen molar-refractivity contribution in [2.24, 2.45) is 7.05 Å². The fourth-order valence-electron chi connectivity index (χ4n) is 3.18. The molecular weight excluding hydrogens is 309 g/mol. The van der Waals surface area contributed by atoms with Gasteiger partial charge in [-0.3, -0.25) is 4.79 Å². The molecule has 5 nitrogen and oxygen atoms in total. The normalized spacial score (nSPS) is 17.3. The number of amides is 1. The van der Waals surface area contributed by atoms with Gasteiger partial charge in [-0.25, -0.2) is 9.37 Å². The molecule has 2 aromatic rings. The van der Waals surface area contributed by atoms with E-state index in [4.69, 9.17) is 4.74 Å². The SMILES string of the molecule is Cc1cn(C)c(C2CCN(C(=O)CCOc3ccccc3F)C2)n1. The minimum atomic E-state index is -0.406. The molecule has 128 valence electrons. The maximum absolute atomic E-state index is 13.5. The van der Waals surface area contributed by atoms with E-state index in [0.717, 1.165) is 24.5 Å². The van der Waals surface area contributed by atoms with Crippen molar-refractivity contribution >= 4 is 5.91 Å². The number of hydrogen-bond donors (Lipinski definition) is 0. The number of hydrogen-bond acceptors (Lipinski definition) is 3. The predicted octanol–water partition coefficient (Wildman–Crippen LogP) is 2.65. The fourth-order valence-corrected chi connectivity index (χ4v) is 3.18. The van der Waals surface area contributed by atoms with Gasteiger partial charge in [0.05, 0.1) is 18.7 Å². The highest BCUT2D eigenvalue weighted by Crippen LogP contribution is 2.26. The van der Waals surface area contributed by atoms with Gasteiger partial charge in [0.1, 0.15) is 5.82 Å². The molecule has 1 unspecified atom stereocenters. The van der Waals surface area contributed by atoms with E-state index < -0.39 is 5.82 Å². The molecule has 24 heavy (non-hydrogen) atoms. The number of ether oxygens (including phenoxy) is 1. The van der Waals surface area contributed by atoms with E-state index in [2.05, 4.69) is 4.98 Å². The first kappa shape index (κ1) is 16.5. The van der Waals surface area contributed by atoms with Crippen molar-refractivity contribution in [1.82, 2.24) is 14.5 Å². The highest BCUT2D eigenvalue weighted by atomic mass is 19.1. The van der Waals surface area contributed by atoms with Gasteiger partial charge in [-0.15, -0.1) is 0 Å². The predicted molar refractivity (Wildman–Crippen MR) is 88.4 cm³/mol. The Morgan fingerprint density at radius 3 is 2.92 bits per heavy atom. The third kappa shape index (κ3) is 3.58. The molecule has 0 N–H and O–H groups in total. The molecular formula is C18H22FN3O2. The summed E-state index contributed by atoms with van der Waals surface area (Å²) in [6.07, 6.45) is 3.17. The molecule has 0 saturated carbocycles. The molecule has 6 heteroatoms. The number of rotatable bonds is 5. The number of para-hydroxylation sites is 1. The second-order valence-corrected chi connectivity index (χ2v) is 6.21. The van der Waals surface area contributed by atoms with Gasteiger partial charge in [-0.1, -0.05) is 12.1 Å². The summed E-state index contributed by atoms with van der Waals surface area (Å²) in [6, 6.07) is 6.23. The van der Waals surface area contributed by atoms with Crippen molar-refractivity contribution in [3.63, 3.8) is 0 Å². The molecule has 1 atom stereocenters. The van der Waals surface area contributed by atoms with Crippen LogP contribution in [0, 0.1) is 12.7 Å². The first-order valence-electron chi connectivity index (χ1n) is 8.19. The Morgan fingerprint density at radius 1 is 1.42 bits per heavy atom. The second kappa shape index (κ2) is 7.03. The monoisotopic (exact) mass is 331 g/mol. The molecule has 0 spiro atoms. The van der Waals surface area contributed by atoms with Crippen LogP contribution in [0.4, 0.5) is 4.39 Å². The van der Waals surface area contributed by atoms with Crippen LogP contribution in [0.25, 0.3) is 0 Å². The standard InChI is InChI=1S/C18H22FN3O2/c1-13-11-21(2)18(20-13)14-7-9-22(12-14)17(23)8-10-24-16-6-4-3-5-15(16)19/h3-6,11,14H,7-10,12H2,1-2H3. The average Bonchev–Trinajstić information content (AvgIpc) is 3.15. The van der Waals surface area contributed by atoms with E-state index >= 15 is 0 Å². The molecule has 1 saturated heterocycles. The molecule has 1 aliphatic heterocycles. The molecule has 2 heterocycles. The Morgan fingerprint density at radius 2 is 2.21 bits per heavy atom.